The third kappa shape index (κ3) is 12.3. The SMILES string of the molecule is C=C/C(=C\CC)C(F)(F)F.CCN(CC1CCCC1)c1nc2c(cc1CN(C/C=C/CC(F)(F)F)C(=O)OC)CCCC2. The van der Waals surface area contributed by atoms with E-state index in [-0.39, 0.29) is 13.1 Å². The van der Waals surface area contributed by atoms with E-state index in [9.17, 15) is 31.1 Å². The molecule has 0 bridgehead atoms. The van der Waals surface area contributed by atoms with Crippen LogP contribution < -0.4 is 4.90 Å². The van der Waals surface area contributed by atoms with E-state index in [0.717, 1.165) is 74.1 Å². The van der Waals surface area contributed by atoms with Crippen molar-refractivity contribution in [2.45, 2.75) is 97.0 Å². The van der Waals surface area contributed by atoms with Crippen molar-refractivity contribution in [2.24, 2.45) is 5.92 Å². The second-order valence-electron chi connectivity index (χ2n) is 10.9. The number of alkyl halides is 6. The molecule has 0 spiro atoms. The number of nitrogens with zero attached hydrogens (tertiary/aromatic N) is 3. The minimum Gasteiger partial charge on any atom is -0.453 e. The summed E-state index contributed by atoms with van der Waals surface area (Å²) in [6, 6.07) is 2.16. The lowest BCUT2D eigenvalue weighted by Crippen LogP contribution is -2.34. The summed E-state index contributed by atoms with van der Waals surface area (Å²) in [6.45, 7) is 8.89. The van der Waals surface area contributed by atoms with Gasteiger partial charge in [-0.2, -0.15) is 26.3 Å². The Bertz CT molecular complexity index is 1090. The zero-order valence-corrected chi connectivity index (χ0v) is 25.5. The Labute approximate surface area is 251 Å². The lowest BCUT2D eigenvalue weighted by Gasteiger charge is -2.31. The molecule has 43 heavy (non-hydrogen) atoms. The molecule has 5 nitrogen and oxygen atoms in total. The summed E-state index contributed by atoms with van der Waals surface area (Å²) in [4.78, 5) is 21.3. The van der Waals surface area contributed by atoms with E-state index < -0.39 is 30.4 Å². The number of hydrogen-bond donors (Lipinski definition) is 0. The van der Waals surface area contributed by atoms with Gasteiger partial charge in [-0.25, -0.2) is 9.78 Å². The number of anilines is 1. The number of fused-ring (bicyclic) bond motifs is 1. The zero-order chi connectivity index (χ0) is 32.0. The number of aryl methyl sites for hydroxylation is 2. The van der Waals surface area contributed by atoms with Crippen LogP contribution in [0.2, 0.25) is 0 Å². The Balaban J connectivity index is 0.000000553. The third-order valence-electron chi connectivity index (χ3n) is 7.60. The first-order valence-corrected chi connectivity index (χ1v) is 15.0. The van der Waals surface area contributed by atoms with Crippen LogP contribution in [-0.4, -0.2) is 55.1 Å². The van der Waals surface area contributed by atoms with Crippen molar-refractivity contribution in [3.63, 3.8) is 0 Å². The number of rotatable bonds is 11. The van der Waals surface area contributed by atoms with Gasteiger partial charge in [0.25, 0.3) is 0 Å². The summed E-state index contributed by atoms with van der Waals surface area (Å²) >= 11 is 0. The summed E-state index contributed by atoms with van der Waals surface area (Å²) in [7, 11) is 1.29. The number of carbonyl (C=O) groups excluding carboxylic acids is 1. The van der Waals surface area contributed by atoms with Crippen LogP contribution in [0, 0.1) is 5.92 Å². The molecule has 0 N–H and O–H groups in total. The highest BCUT2D eigenvalue weighted by molar-refractivity contribution is 5.68. The van der Waals surface area contributed by atoms with Crippen LogP contribution in [0.5, 0.6) is 0 Å². The molecule has 3 rings (SSSR count). The molecule has 0 saturated heterocycles. The first-order valence-electron chi connectivity index (χ1n) is 15.0. The Hall–Kier alpha value is -2.98. The van der Waals surface area contributed by atoms with Crippen LogP contribution in [0.3, 0.4) is 0 Å². The first-order chi connectivity index (χ1) is 20.3. The molecule has 0 radical (unpaired) electrons. The van der Waals surface area contributed by atoms with Gasteiger partial charge >= 0.3 is 18.4 Å². The van der Waals surface area contributed by atoms with E-state index in [1.54, 1.807) is 6.92 Å². The number of methoxy groups -OCH3 is 1. The molecule has 2 aliphatic carbocycles. The van der Waals surface area contributed by atoms with Gasteiger partial charge in [0.05, 0.1) is 25.6 Å². The van der Waals surface area contributed by atoms with E-state index in [0.29, 0.717) is 12.3 Å². The fraction of sp³-hybridized carbons (Fsp3) is 0.625. The van der Waals surface area contributed by atoms with Gasteiger partial charge in [0.15, 0.2) is 0 Å². The van der Waals surface area contributed by atoms with Gasteiger partial charge in [-0.1, -0.05) is 50.6 Å². The molecule has 11 heteroatoms. The van der Waals surface area contributed by atoms with Gasteiger partial charge in [0.1, 0.15) is 5.82 Å². The first kappa shape index (κ1) is 36.2. The summed E-state index contributed by atoms with van der Waals surface area (Å²) in [5, 5.41) is 0. The van der Waals surface area contributed by atoms with Gasteiger partial charge in [0.2, 0.25) is 0 Å². The fourth-order valence-electron chi connectivity index (χ4n) is 5.42. The summed E-state index contributed by atoms with van der Waals surface area (Å²) in [5.41, 5.74) is 2.63. The molecular weight excluding hydrogens is 572 g/mol. The average molecular weight is 618 g/mol. The molecule has 1 saturated carbocycles. The average Bonchev–Trinajstić information content (AvgIpc) is 3.48. The Kier molecular flexibility index (Phi) is 14.6. The van der Waals surface area contributed by atoms with Crippen LogP contribution in [0.4, 0.5) is 37.0 Å². The molecule has 1 aromatic heterocycles. The summed E-state index contributed by atoms with van der Waals surface area (Å²) in [6.07, 6.45) is 3.85. The Morgan fingerprint density at radius 3 is 2.28 bits per heavy atom. The largest absolute Gasteiger partial charge is 0.453 e. The number of aromatic nitrogens is 1. The van der Waals surface area contributed by atoms with Crippen LogP contribution in [-0.2, 0) is 24.1 Å². The third-order valence-corrected chi connectivity index (χ3v) is 7.60. The zero-order valence-electron chi connectivity index (χ0n) is 25.5. The van der Waals surface area contributed by atoms with Gasteiger partial charge in [0, 0.05) is 30.9 Å². The molecule has 1 amide bonds. The highest BCUT2D eigenvalue weighted by atomic mass is 19.4. The molecule has 0 aromatic carbocycles. The van der Waals surface area contributed by atoms with Crippen LogP contribution >= 0.6 is 0 Å². The molecule has 242 valence electrons. The monoisotopic (exact) mass is 617 g/mol. The van der Waals surface area contributed by atoms with Crippen molar-refractivity contribution in [2.75, 3.05) is 31.6 Å². The van der Waals surface area contributed by atoms with E-state index in [1.807, 2.05) is 0 Å². The Morgan fingerprint density at radius 2 is 1.74 bits per heavy atom. The van der Waals surface area contributed by atoms with Crippen LogP contribution in [0.25, 0.3) is 0 Å². The van der Waals surface area contributed by atoms with Crippen LogP contribution in [0.15, 0.2) is 42.5 Å². The number of allylic oxidation sites excluding steroid dienone is 4. The lowest BCUT2D eigenvalue weighted by molar-refractivity contribution is -0.125. The summed E-state index contributed by atoms with van der Waals surface area (Å²) < 4.78 is 77.7. The second kappa shape index (κ2) is 17.3. The highest BCUT2D eigenvalue weighted by Crippen LogP contribution is 2.32. The van der Waals surface area contributed by atoms with E-state index in [2.05, 4.69) is 24.5 Å². The molecule has 2 aliphatic rings. The minimum atomic E-state index is -4.26. The standard InChI is InChI=1S/C25H36F3N3O2.C7H9F3/c1-3-30(17-19-10-4-5-11-19)23-21(16-20-12-6-7-13-22(20)29-23)18-31(24(32)33-2)15-9-8-14-25(26,27)28;1-3-5-6(4-2)7(8,9)10/h8-9,16,19H,3-7,10-15,17-18H2,1-2H3;4-5H,2-3H2,1H3/b9-8+;6-5+. The number of carbonyl (C=O) groups is 1. The number of amides is 1. The number of pyridine rings is 1. The maximum absolute atomic E-state index is 12.5. The van der Waals surface area contributed by atoms with Crippen molar-refractivity contribution in [1.82, 2.24) is 9.88 Å². The molecule has 1 heterocycles. The predicted molar refractivity (Wildman–Crippen MR) is 158 cm³/mol. The maximum atomic E-state index is 12.5. The quantitative estimate of drug-likeness (QED) is 0.141. The molecule has 0 unspecified atom stereocenters. The van der Waals surface area contributed by atoms with Crippen molar-refractivity contribution < 1.29 is 35.9 Å². The number of ether oxygens (including phenoxy) is 1. The molecule has 1 fully saturated rings. The smallest absolute Gasteiger partial charge is 0.416 e. The lowest BCUT2D eigenvalue weighted by atomic mass is 9.94. The van der Waals surface area contributed by atoms with E-state index in [4.69, 9.17) is 9.72 Å². The topological polar surface area (TPSA) is 45.7 Å². The molecule has 0 atom stereocenters. The van der Waals surface area contributed by atoms with Crippen molar-refractivity contribution in [3.05, 3.63) is 59.3 Å². The van der Waals surface area contributed by atoms with E-state index in [1.165, 1.54) is 49.3 Å². The Morgan fingerprint density at radius 1 is 1.07 bits per heavy atom. The normalized spacial score (nSPS) is 16.0. The predicted octanol–water partition coefficient (Wildman–Crippen LogP) is 9.12. The summed E-state index contributed by atoms with van der Waals surface area (Å²) in [5.74, 6) is 1.55. The number of hydrogen-bond acceptors (Lipinski definition) is 4. The number of halogens is 6. The molecular formula is C32H45F6N3O2. The fourth-order valence-corrected chi connectivity index (χ4v) is 5.42. The molecule has 0 aliphatic heterocycles. The second-order valence-corrected chi connectivity index (χ2v) is 10.9. The van der Waals surface area contributed by atoms with Gasteiger partial charge in [-0.15, -0.1) is 0 Å². The van der Waals surface area contributed by atoms with Gasteiger partial charge < -0.3 is 14.5 Å². The maximum Gasteiger partial charge on any atom is 0.416 e. The highest BCUT2D eigenvalue weighted by Gasteiger charge is 2.30. The minimum absolute atomic E-state index is 0.0496. The molecule has 1 aromatic rings. The van der Waals surface area contributed by atoms with Crippen molar-refractivity contribution in [3.8, 4) is 0 Å². The van der Waals surface area contributed by atoms with Crippen molar-refractivity contribution in [1.29, 1.82) is 0 Å². The van der Waals surface area contributed by atoms with E-state index >= 15 is 0 Å². The van der Waals surface area contributed by atoms with Crippen molar-refractivity contribution >= 4 is 11.9 Å². The van der Waals surface area contributed by atoms with Gasteiger partial charge in [-0.05, 0) is 69.4 Å². The van der Waals surface area contributed by atoms with Gasteiger partial charge in [-0.3, -0.25) is 0 Å². The van der Waals surface area contributed by atoms with Crippen LogP contribution in [0.1, 0.15) is 82.0 Å².